The lowest BCUT2D eigenvalue weighted by atomic mass is 10.1. The van der Waals surface area contributed by atoms with Crippen LogP contribution in [0, 0.1) is 5.82 Å². The normalized spacial score (nSPS) is 11.0. The molecule has 1 N–H and O–H groups in total. The molecule has 0 spiro atoms. The molecule has 0 fully saturated rings. The number of aromatic nitrogens is 2. The SMILES string of the molecule is O=c1c2c(-c3ccccc3O)csc2ncn1-c1cccc(F)c1. The number of rotatable bonds is 2. The zero-order valence-corrected chi connectivity index (χ0v) is 13.1. The van der Waals surface area contributed by atoms with Crippen molar-refractivity contribution < 1.29 is 9.50 Å². The second-order valence-electron chi connectivity index (χ2n) is 5.25. The van der Waals surface area contributed by atoms with Crippen LogP contribution in [-0.2, 0) is 0 Å². The Morgan fingerprint density at radius 1 is 1.08 bits per heavy atom. The quantitative estimate of drug-likeness (QED) is 0.602. The standard InChI is InChI=1S/C18H11FN2O2S/c19-11-4-3-5-12(8-11)21-10-20-17-16(18(21)23)14(9-24-17)13-6-1-2-7-15(13)22/h1-10,22H. The highest BCUT2D eigenvalue weighted by molar-refractivity contribution is 7.17. The number of phenolic OH excluding ortho intramolecular Hbond substituents is 1. The van der Waals surface area contributed by atoms with Crippen molar-refractivity contribution in [3.05, 3.63) is 76.4 Å². The minimum absolute atomic E-state index is 0.0951. The van der Waals surface area contributed by atoms with E-state index >= 15 is 0 Å². The molecule has 0 atom stereocenters. The molecule has 24 heavy (non-hydrogen) atoms. The summed E-state index contributed by atoms with van der Waals surface area (Å²) in [5.41, 5.74) is 1.30. The lowest BCUT2D eigenvalue weighted by Crippen LogP contribution is -2.18. The van der Waals surface area contributed by atoms with Gasteiger partial charge in [-0.15, -0.1) is 11.3 Å². The highest BCUT2D eigenvalue weighted by Gasteiger charge is 2.16. The predicted octanol–water partition coefficient (Wildman–Crippen LogP) is 3.96. The number of hydrogen-bond acceptors (Lipinski definition) is 4. The summed E-state index contributed by atoms with van der Waals surface area (Å²) in [5, 5.41) is 12.3. The lowest BCUT2D eigenvalue weighted by molar-refractivity contribution is 0.477. The van der Waals surface area contributed by atoms with Crippen LogP contribution in [-0.4, -0.2) is 14.7 Å². The Balaban J connectivity index is 2.01. The van der Waals surface area contributed by atoms with E-state index in [4.69, 9.17) is 0 Å². The number of phenols is 1. The first-order valence-electron chi connectivity index (χ1n) is 7.18. The number of aromatic hydroxyl groups is 1. The van der Waals surface area contributed by atoms with Gasteiger partial charge in [-0.2, -0.15) is 0 Å². The molecule has 0 bridgehead atoms. The molecule has 0 amide bonds. The van der Waals surface area contributed by atoms with Crippen LogP contribution in [0.2, 0.25) is 0 Å². The number of nitrogens with zero attached hydrogens (tertiary/aromatic N) is 2. The number of para-hydroxylation sites is 1. The van der Waals surface area contributed by atoms with Gasteiger partial charge in [0, 0.05) is 16.5 Å². The van der Waals surface area contributed by atoms with Crippen molar-refractivity contribution >= 4 is 21.6 Å². The zero-order chi connectivity index (χ0) is 16.7. The second kappa shape index (κ2) is 5.58. The molecular weight excluding hydrogens is 327 g/mol. The first-order chi connectivity index (χ1) is 11.6. The Morgan fingerprint density at radius 2 is 1.92 bits per heavy atom. The molecule has 0 saturated heterocycles. The van der Waals surface area contributed by atoms with Gasteiger partial charge in [0.05, 0.1) is 11.1 Å². The molecule has 0 aliphatic heterocycles. The maximum atomic E-state index is 13.5. The van der Waals surface area contributed by atoms with E-state index in [-0.39, 0.29) is 11.3 Å². The fraction of sp³-hybridized carbons (Fsp3) is 0. The molecule has 118 valence electrons. The van der Waals surface area contributed by atoms with Gasteiger partial charge in [-0.25, -0.2) is 9.37 Å². The van der Waals surface area contributed by atoms with Gasteiger partial charge in [0.15, 0.2) is 0 Å². The van der Waals surface area contributed by atoms with Gasteiger partial charge in [-0.05, 0) is 24.3 Å². The third-order valence-electron chi connectivity index (χ3n) is 3.78. The second-order valence-corrected chi connectivity index (χ2v) is 6.10. The molecule has 4 nitrogen and oxygen atoms in total. The van der Waals surface area contributed by atoms with Crippen LogP contribution in [0.5, 0.6) is 5.75 Å². The molecule has 0 saturated carbocycles. The monoisotopic (exact) mass is 338 g/mol. The molecule has 4 rings (SSSR count). The van der Waals surface area contributed by atoms with E-state index in [1.165, 1.54) is 34.4 Å². The van der Waals surface area contributed by atoms with Crippen molar-refractivity contribution in [3.63, 3.8) is 0 Å². The van der Waals surface area contributed by atoms with Gasteiger partial charge in [-0.3, -0.25) is 9.36 Å². The van der Waals surface area contributed by atoms with E-state index in [1.54, 1.807) is 41.8 Å². The molecule has 0 aliphatic carbocycles. The highest BCUT2D eigenvalue weighted by Crippen LogP contribution is 2.35. The summed E-state index contributed by atoms with van der Waals surface area (Å²) in [6.07, 6.45) is 1.39. The van der Waals surface area contributed by atoms with Crippen molar-refractivity contribution in [2.24, 2.45) is 0 Å². The maximum Gasteiger partial charge on any atom is 0.267 e. The van der Waals surface area contributed by atoms with Crippen LogP contribution < -0.4 is 5.56 Å². The average Bonchev–Trinajstić information content (AvgIpc) is 3.00. The molecule has 0 radical (unpaired) electrons. The van der Waals surface area contributed by atoms with Crippen molar-refractivity contribution in [2.75, 3.05) is 0 Å². The number of hydrogen-bond donors (Lipinski definition) is 1. The Labute approximate surface area is 140 Å². The molecular formula is C18H11FN2O2S. The summed E-state index contributed by atoms with van der Waals surface area (Å²) in [7, 11) is 0. The van der Waals surface area contributed by atoms with Crippen molar-refractivity contribution in [3.8, 4) is 22.6 Å². The Bertz CT molecular complexity index is 1120. The van der Waals surface area contributed by atoms with Gasteiger partial charge in [0.1, 0.15) is 22.7 Å². The van der Waals surface area contributed by atoms with Gasteiger partial charge in [-0.1, -0.05) is 24.3 Å². The van der Waals surface area contributed by atoms with Crippen molar-refractivity contribution in [1.82, 2.24) is 9.55 Å². The lowest BCUT2D eigenvalue weighted by Gasteiger charge is -2.07. The summed E-state index contributed by atoms with van der Waals surface area (Å²) in [4.78, 5) is 17.8. The maximum absolute atomic E-state index is 13.5. The number of fused-ring (bicyclic) bond motifs is 1. The largest absolute Gasteiger partial charge is 0.507 e. The van der Waals surface area contributed by atoms with Crippen molar-refractivity contribution in [2.45, 2.75) is 0 Å². The minimum Gasteiger partial charge on any atom is -0.507 e. The highest BCUT2D eigenvalue weighted by atomic mass is 32.1. The third kappa shape index (κ3) is 2.28. The molecule has 2 aromatic carbocycles. The van der Waals surface area contributed by atoms with Crippen LogP contribution in [0.15, 0.2) is 65.0 Å². The summed E-state index contributed by atoms with van der Waals surface area (Å²) in [6.45, 7) is 0. The first kappa shape index (κ1) is 14.6. The number of benzene rings is 2. The van der Waals surface area contributed by atoms with Crippen LogP contribution in [0.4, 0.5) is 4.39 Å². The molecule has 4 aromatic rings. The van der Waals surface area contributed by atoms with Crippen LogP contribution >= 0.6 is 11.3 Å². The molecule has 6 heteroatoms. The van der Waals surface area contributed by atoms with Gasteiger partial charge in [0.2, 0.25) is 0 Å². The molecule has 2 heterocycles. The van der Waals surface area contributed by atoms with Crippen LogP contribution in [0.1, 0.15) is 0 Å². The van der Waals surface area contributed by atoms with Gasteiger partial charge < -0.3 is 5.11 Å². The minimum atomic E-state index is -0.425. The van der Waals surface area contributed by atoms with Crippen LogP contribution in [0.3, 0.4) is 0 Å². The molecule has 2 aromatic heterocycles. The molecule has 0 unspecified atom stereocenters. The van der Waals surface area contributed by atoms with E-state index in [1.807, 2.05) is 0 Å². The van der Waals surface area contributed by atoms with Crippen LogP contribution in [0.25, 0.3) is 27.0 Å². The predicted molar refractivity (Wildman–Crippen MR) is 92.3 cm³/mol. The Hall–Kier alpha value is -2.99. The summed E-state index contributed by atoms with van der Waals surface area (Å²) < 4.78 is 14.8. The topological polar surface area (TPSA) is 55.1 Å². The van der Waals surface area contributed by atoms with Gasteiger partial charge >= 0.3 is 0 Å². The Kier molecular flexibility index (Phi) is 3.39. The fourth-order valence-corrected chi connectivity index (χ4v) is 3.54. The van der Waals surface area contributed by atoms with E-state index < -0.39 is 5.82 Å². The number of halogens is 1. The van der Waals surface area contributed by atoms with E-state index in [0.717, 1.165) is 0 Å². The third-order valence-corrected chi connectivity index (χ3v) is 4.66. The summed E-state index contributed by atoms with van der Waals surface area (Å²) in [6, 6.07) is 12.6. The van der Waals surface area contributed by atoms with E-state index in [2.05, 4.69) is 4.98 Å². The fourth-order valence-electron chi connectivity index (χ4n) is 2.64. The van der Waals surface area contributed by atoms with E-state index in [0.29, 0.717) is 27.0 Å². The smallest absolute Gasteiger partial charge is 0.267 e. The van der Waals surface area contributed by atoms with Gasteiger partial charge in [0.25, 0.3) is 5.56 Å². The summed E-state index contributed by atoms with van der Waals surface area (Å²) >= 11 is 1.33. The molecule has 0 aliphatic rings. The zero-order valence-electron chi connectivity index (χ0n) is 12.3. The summed E-state index contributed by atoms with van der Waals surface area (Å²) in [5.74, 6) is -0.330. The number of thiophene rings is 1. The Morgan fingerprint density at radius 3 is 2.71 bits per heavy atom. The average molecular weight is 338 g/mol. The van der Waals surface area contributed by atoms with Crippen molar-refractivity contribution in [1.29, 1.82) is 0 Å². The first-order valence-corrected chi connectivity index (χ1v) is 8.06. The van der Waals surface area contributed by atoms with E-state index in [9.17, 15) is 14.3 Å².